The van der Waals surface area contributed by atoms with Crippen molar-refractivity contribution in [2.45, 2.75) is 89.2 Å². The van der Waals surface area contributed by atoms with Crippen LogP contribution in [0.3, 0.4) is 0 Å². The fourth-order valence-corrected chi connectivity index (χ4v) is 5.63. The Labute approximate surface area is 125 Å². The molecule has 20 heavy (non-hydrogen) atoms. The zero-order valence-electron chi connectivity index (χ0n) is 13.7. The molecule has 1 saturated carbocycles. The van der Waals surface area contributed by atoms with Gasteiger partial charge in [-0.2, -0.15) is 0 Å². The average molecular weight is 304 g/mol. The van der Waals surface area contributed by atoms with Crippen molar-refractivity contribution < 1.29 is 8.42 Å². The Hall–Kier alpha value is -0.0900. The molecule has 0 aromatic rings. The molecule has 1 aliphatic rings. The molecule has 4 atom stereocenters. The van der Waals surface area contributed by atoms with Gasteiger partial charge in [-0.25, -0.2) is 8.42 Å². The Morgan fingerprint density at radius 2 is 1.85 bits per heavy atom. The zero-order chi connectivity index (χ0) is 15.2. The van der Waals surface area contributed by atoms with Gasteiger partial charge in [-0.05, 0) is 51.5 Å². The Bertz CT molecular complexity index is 367. The molecule has 1 fully saturated rings. The van der Waals surface area contributed by atoms with Crippen molar-refractivity contribution >= 4 is 9.84 Å². The van der Waals surface area contributed by atoms with E-state index < -0.39 is 9.84 Å². The monoisotopic (exact) mass is 303 g/mol. The van der Waals surface area contributed by atoms with E-state index in [0.29, 0.717) is 5.92 Å². The number of nitrogens with one attached hydrogen (secondary N) is 1. The summed E-state index contributed by atoms with van der Waals surface area (Å²) in [7, 11) is -3.01. The Morgan fingerprint density at radius 3 is 2.40 bits per heavy atom. The van der Waals surface area contributed by atoms with Crippen LogP contribution in [0.25, 0.3) is 0 Å². The van der Waals surface area contributed by atoms with Gasteiger partial charge in [0.05, 0.1) is 10.5 Å². The van der Waals surface area contributed by atoms with Crippen LogP contribution in [0.15, 0.2) is 0 Å². The van der Waals surface area contributed by atoms with Gasteiger partial charge >= 0.3 is 0 Å². The number of hydrogen-bond acceptors (Lipinski definition) is 3. The second-order valence-corrected chi connectivity index (χ2v) is 8.96. The van der Waals surface area contributed by atoms with Gasteiger partial charge in [0.25, 0.3) is 0 Å². The Kier molecular flexibility index (Phi) is 7.52. The summed E-state index contributed by atoms with van der Waals surface area (Å²) in [6.07, 6.45) is 7.18. The summed E-state index contributed by atoms with van der Waals surface area (Å²) in [5.41, 5.74) is 0. The van der Waals surface area contributed by atoms with Crippen LogP contribution in [-0.4, -0.2) is 31.5 Å². The molecule has 3 nitrogen and oxygen atoms in total. The normalized spacial score (nSPS) is 29.3. The molecule has 0 aromatic heterocycles. The maximum Gasteiger partial charge on any atom is 0.157 e. The minimum atomic E-state index is -3.01. The summed E-state index contributed by atoms with van der Waals surface area (Å²) in [5, 5.41) is 3.11. The van der Waals surface area contributed by atoms with Crippen molar-refractivity contribution in [3.63, 3.8) is 0 Å². The topological polar surface area (TPSA) is 46.2 Å². The predicted molar refractivity (Wildman–Crippen MR) is 86.8 cm³/mol. The lowest BCUT2D eigenvalue weighted by Gasteiger charge is -2.37. The minimum absolute atomic E-state index is 0.169. The van der Waals surface area contributed by atoms with Gasteiger partial charge in [-0.1, -0.05) is 33.6 Å². The van der Waals surface area contributed by atoms with Crippen LogP contribution in [0.2, 0.25) is 0 Å². The SMILES string of the molecule is CCCNC1CCC(CCC)CC1S(=O)(=O)C(C)CC. The lowest BCUT2D eigenvalue weighted by molar-refractivity contribution is 0.279. The second kappa shape index (κ2) is 8.38. The minimum Gasteiger partial charge on any atom is -0.313 e. The molecule has 0 bridgehead atoms. The fraction of sp³-hybridized carbons (Fsp3) is 1.00. The van der Waals surface area contributed by atoms with E-state index in [0.717, 1.165) is 38.6 Å². The molecular formula is C16H33NO2S. The van der Waals surface area contributed by atoms with Crippen molar-refractivity contribution in [1.29, 1.82) is 0 Å². The quantitative estimate of drug-likeness (QED) is 0.746. The van der Waals surface area contributed by atoms with Crippen molar-refractivity contribution in [2.24, 2.45) is 5.92 Å². The molecule has 1 N–H and O–H groups in total. The molecule has 0 aliphatic heterocycles. The largest absolute Gasteiger partial charge is 0.313 e. The van der Waals surface area contributed by atoms with Gasteiger partial charge in [0.1, 0.15) is 0 Å². The highest BCUT2D eigenvalue weighted by atomic mass is 32.2. The summed E-state index contributed by atoms with van der Waals surface area (Å²) >= 11 is 0. The van der Waals surface area contributed by atoms with Crippen molar-refractivity contribution in [1.82, 2.24) is 5.32 Å². The van der Waals surface area contributed by atoms with E-state index in [4.69, 9.17) is 0 Å². The molecule has 0 heterocycles. The van der Waals surface area contributed by atoms with Crippen molar-refractivity contribution in [2.75, 3.05) is 6.54 Å². The molecule has 4 unspecified atom stereocenters. The van der Waals surface area contributed by atoms with Crippen molar-refractivity contribution in [3.05, 3.63) is 0 Å². The molecule has 1 aliphatic carbocycles. The van der Waals surface area contributed by atoms with E-state index in [1.807, 2.05) is 13.8 Å². The van der Waals surface area contributed by atoms with Gasteiger partial charge in [-0.15, -0.1) is 0 Å². The molecule has 4 heteroatoms. The first-order chi connectivity index (χ1) is 9.47. The lowest BCUT2D eigenvalue weighted by Crippen LogP contribution is -2.50. The molecular weight excluding hydrogens is 270 g/mol. The maximum absolute atomic E-state index is 12.8. The van der Waals surface area contributed by atoms with E-state index in [-0.39, 0.29) is 16.5 Å². The van der Waals surface area contributed by atoms with E-state index in [1.165, 1.54) is 12.8 Å². The van der Waals surface area contributed by atoms with Gasteiger partial charge in [-0.3, -0.25) is 0 Å². The predicted octanol–water partition coefficient (Wildman–Crippen LogP) is 3.54. The summed E-state index contributed by atoms with van der Waals surface area (Å²) in [5.74, 6) is 0.600. The highest BCUT2D eigenvalue weighted by Crippen LogP contribution is 2.34. The van der Waals surface area contributed by atoms with Gasteiger partial charge in [0, 0.05) is 6.04 Å². The molecule has 120 valence electrons. The third-order valence-corrected chi connectivity index (χ3v) is 7.63. The smallest absolute Gasteiger partial charge is 0.157 e. The molecule has 0 radical (unpaired) electrons. The average Bonchev–Trinajstić information content (AvgIpc) is 2.45. The van der Waals surface area contributed by atoms with Crippen LogP contribution in [0.5, 0.6) is 0 Å². The maximum atomic E-state index is 12.8. The third kappa shape index (κ3) is 4.45. The van der Waals surface area contributed by atoms with E-state index in [9.17, 15) is 8.42 Å². The lowest BCUT2D eigenvalue weighted by atomic mass is 9.83. The molecule has 0 saturated heterocycles. The van der Waals surface area contributed by atoms with Gasteiger partial charge in [0.15, 0.2) is 9.84 Å². The van der Waals surface area contributed by atoms with Crippen LogP contribution < -0.4 is 5.32 Å². The zero-order valence-corrected chi connectivity index (χ0v) is 14.5. The van der Waals surface area contributed by atoms with E-state index in [1.54, 1.807) is 0 Å². The molecule has 0 spiro atoms. The van der Waals surface area contributed by atoms with Crippen LogP contribution in [0.1, 0.15) is 72.6 Å². The molecule has 1 rings (SSSR count). The fourth-order valence-electron chi connectivity index (χ4n) is 3.34. The highest BCUT2D eigenvalue weighted by Gasteiger charge is 2.40. The first kappa shape index (κ1) is 18.0. The van der Waals surface area contributed by atoms with E-state index >= 15 is 0 Å². The number of rotatable bonds is 8. The third-order valence-electron chi connectivity index (χ3n) is 4.81. The number of hydrogen-bond donors (Lipinski definition) is 1. The molecule has 0 aromatic carbocycles. The van der Waals surface area contributed by atoms with Crippen molar-refractivity contribution in [3.8, 4) is 0 Å². The number of sulfone groups is 1. The second-order valence-electron chi connectivity index (χ2n) is 6.37. The Balaban J connectivity index is 2.85. The summed E-state index contributed by atoms with van der Waals surface area (Å²) < 4.78 is 25.6. The summed E-state index contributed by atoms with van der Waals surface area (Å²) in [4.78, 5) is 0. The first-order valence-electron chi connectivity index (χ1n) is 8.43. The summed E-state index contributed by atoms with van der Waals surface area (Å²) in [6, 6.07) is 0.169. The Morgan fingerprint density at radius 1 is 1.15 bits per heavy atom. The standard InChI is InChI=1S/C16H33NO2S/c1-5-8-14-9-10-15(17-11-6-2)16(12-14)20(18,19)13(4)7-3/h13-17H,5-12H2,1-4H3. The summed E-state index contributed by atoms with van der Waals surface area (Å²) in [6.45, 7) is 9.10. The highest BCUT2D eigenvalue weighted by molar-refractivity contribution is 7.92. The van der Waals surface area contributed by atoms with Gasteiger partial charge in [0.2, 0.25) is 0 Å². The van der Waals surface area contributed by atoms with E-state index in [2.05, 4.69) is 19.2 Å². The van der Waals surface area contributed by atoms with Crippen LogP contribution in [-0.2, 0) is 9.84 Å². The van der Waals surface area contributed by atoms with Crippen LogP contribution in [0.4, 0.5) is 0 Å². The van der Waals surface area contributed by atoms with Gasteiger partial charge < -0.3 is 5.32 Å². The van der Waals surface area contributed by atoms with Crippen LogP contribution in [0, 0.1) is 5.92 Å². The first-order valence-corrected chi connectivity index (χ1v) is 10.0. The van der Waals surface area contributed by atoms with Crippen LogP contribution >= 0.6 is 0 Å². The molecule has 0 amide bonds.